The van der Waals surface area contributed by atoms with Crippen LogP contribution < -0.4 is 17.0 Å². The minimum Gasteiger partial charge on any atom is -0.394 e. The number of rotatable bonds is 10. The number of nitrogens with one attached hydrogen (secondary N) is 1. The fourth-order valence-electron chi connectivity index (χ4n) is 5.04. The van der Waals surface area contributed by atoms with Crippen molar-refractivity contribution in [1.82, 2.24) is 39.5 Å². The van der Waals surface area contributed by atoms with Gasteiger partial charge in [-0.1, -0.05) is 5.21 Å². The molecule has 2 saturated heterocycles. The standard InChI is InChI=1S/C20H26N10O9P2S2/c21-15-9-1-2-29(16(9)24-7-23-15)13-4-10(38-40(33)42)12(37-13)6-35-41(34,43)39-11-3-8(5-31)36-19(11)30-17-14(27-28-30)18(32)26-20(22)25-17/h1-2,7-8,10-13,19,31,40H,3-6H2,(H,33,42)(H,34,43)(H2,21,23,24)(H3,22,25,26,32)/t8-,10-,11+,12+,13+,19+,41?/m0/s1. The minimum atomic E-state index is -4.00. The predicted octanol–water partition coefficient (Wildman–Crippen LogP) is -0.807. The second kappa shape index (κ2) is 12.1. The number of hydrogen-bond acceptors (Lipinski definition) is 16. The lowest BCUT2D eigenvalue weighted by atomic mass is 10.2. The molecular formula is C20H26N10O9P2S2. The molecule has 4 aromatic heterocycles. The molecule has 4 aromatic rings. The number of anilines is 2. The van der Waals surface area contributed by atoms with Gasteiger partial charge in [-0.15, -0.1) is 5.10 Å². The summed E-state index contributed by atoms with van der Waals surface area (Å²) in [5, 5.41) is 18.1. The molecule has 6 heterocycles. The van der Waals surface area contributed by atoms with Crippen LogP contribution in [0.25, 0.3) is 22.2 Å². The van der Waals surface area contributed by atoms with Crippen molar-refractivity contribution in [3.05, 3.63) is 28.9 Å². The van der Waals surface area contributed by atoms with Gasteiger partial charge in [-0.05, 0) is 29.7 Å². The van der Waals surface area contributed by atoms with Crippen molar-refractivity contribution >= 4 is 71.4 Å². The molecule has 0 radical (unpaired) electrons. The van der Waals surface area contributed by atoms with Crippen LogP contribution in [-0.2, 0) is 46.7 Å². The molecule has 2 aliphatic rings. The van der Waals surface area contributed by atoms with E-state index in [1.165, 1.54) is 6.33 Å². The van der Waals surface area contributed by atoms with Crippen LogP contribution in [0.1, 0.15) is 25.3 Å². The summed E-state index contributed by atoms with van der Waals surface area (Å²) in [6.07, 6.45) is -1.47. The molecule has 23 heteroatoms. The Morgan fingerprint density at radius 3 is 2.81 bits per heavy atom. The molecular weight excluding hydrogens is 650 g/mol. The van der Waals surface area contributed by atoms with Crippen LogP contribution in [-0.4, -0.2) is 92.0 Å². The van der Waals surface area contributed by atoms with Gasteiger partial charge in [-0.25, -0.2) is 9.97 Å². The third-order valence-corrected chi connectivity index (χ3v) is 9.28. The number of aliphatic hydroxyl groups excluding tert-OH is 1. The molecule has 0 spiro atoms. The monoisotopic (exact) mass is 676 g/mol. The van der Waals surface area contributed by atoms with E-state index in [1.807, 2.05) is 0 Å². The second-order valence-electron chi connectivity index (χ2n) is 9.64. The molecule has 8 N–H and O–H groups in total. The van der Waals surface area contributed by atoms with E-state index >= 15 is 0 Å². The van der Waals surface area contributed by atoms with Gasteiger partial charge in [0, 0.05) is 19.0 Å². The lowest BCUT2D eigenvalue weighted by Crippen LogP contribution is -2.28. The van der Waals surface area contributed by atoms with E-state index in [0.29, 0.717) is 16.9 Å². The molecule has 232 valence electrons. The van der Waals surface area contributed by atoms with Gasteiger partial charge >= 0.3 is 6.72 Å². The van der Waals surface area contributed by atoms with E-state index in [4.69, 9.17) is 58.1 Å². The topological polar surface area (TPSA) is 266 Å². The molecule has 19 nitrogen and oxygen atoms in total. The molecule has 0 aliphatic carbocycles. The summed E-state index contributed by atoms with van der Waals surface area (Å²) >= 11 is 10.2. The summed E-state index contributed by atoms with van der Waals surface area (Å²) in [7, 11) is -2.54. The van der Waals surface area contributed by atoms with Crippen molar-refractivity contribution in [2.24, 2.45) is 0 Å². The van der Waals surface area contributed by atoms with E-state index in [2.05, 4.69) is 30.2 Å². The average molecular weight is 677 g/mol. The smallest absolute Gasteiger partial charge is 0.325 e. The normalized spacial score (nSPS) is 28.1. The van der Waals surface area contributed by atoms with Gasteiger partial charge in [0.05, 0.1) is 30.8 Å². The van der Waals surface area contributed by atoms with Gasteiger partial charge in [0.25, 0.3) is 5.56 Å². The van der Waals surface area contributed by atoms with Crippen LogP contribution in [0.3, 0.4) is 0 Å². The first-order chi connectivity index (χ1) is 20.5. The van der Waals surface area contributed by atoms with Crippen molar-refractivity contribution in [3.63, 3.8) is 0 Å². The van der Waals surface area contributed by atoms with Crippen LogP contribution in [0.15, 0.2) is 23.4 Å². The van der Waals surface area contributed by atoms with E-state index in [0.717, 1.165) is 4.68 Å². The van der Waals surface area contributed by atoms with Crippen molar-refractivity contribution in [2.75, 3.05) is 24.7 Å². The van der Waals surface area contributed by atoms with Crippen molar-refractivity contribution in [3.8, 4) is 0 Å². The van der Waals surface area contributed by atoms with Crippen LogP contribution in [0.2, 0.25) is 0 Å². The SMILES string of the molecule is Nc1nc2c(nnn2[C@@H]2O[C@H](CO)C[C@H]2OP(O)(=S)OC[C@H]2O[C@@H](n3ccc4c(N)ncnc43)C[C@@H]2O[PH](O)=S)c(=O)[nH]1. The summed E-state index contributed by atoms with van der Waals surface area (Å²) in [6.45, 7) is -4.65. The van der Waals surface area contributed by atoms with E-state index in [9.17, 15) is 19.7 Å². The minimum absolute atomic E-state index is 0.00563. The Balaban J connectivity index is 1.18. The number of aromatic amines is 1. The lowest BCUT2D eigenvalue weighted by molar-refractivity contribution is -0.0579. The van der Waals surface area contributed by atoms with Crippen molar-refractivity contribution < 1.29 is 37.9 Å². The highest BCUT2D eigenvalue weighted by Crippen LogP contribution is 2.50. The van der Waals surface area contributed by atoms with Crippen molar-refractivity contribution in [1.29, 1.82) is 0 Å². The first-order valence-electron chi connectivity index (χ1n) is 12.7. The maximum Gasteiger partial charge on any atom is 0.325 e. The van der Waals surface area contributed by atoms with E-state index in [1.54, 1.807) is 16.8 Å². The van der Waals surface area contributed by atoms with Crippen LogP contribution in [0.5, 0.6) is 0 Å². The van der Waals surface area contributed by atoms with Crippen molar-refractivity contribution in [2.45, 2.75) is 49.7 Å². The van der Waals surface area contributed by atoms with Crippen LogP contribution >= 0.6 is 13.9 Å². The molecule has 0 bridgehead atoms. The Kier molecular flexibility index (Phi) is 8.59. The van der Waals surface area contributed by atoms with E-state index in [-0.39, 0.29) is 43.2 Å². The summed E-state index contributed by atoms with van der Waals surface area (Å²) < 4.78 is 32.0. The Morgan fingerprint density at radius 2 is 2.05 bits per heavy atom. The van der Waals surface area contributed by atoms with Crippen LogP contribution in [0.4, 0.5) is 11.8 Å². The summed E-state index contributed by atoms with van der Waals surface area (Å²) in [6, 6.07) is 1.75. The molecule has 0 amide bonds. The molecule has 0 saturated carbocycles. The number of ether oxygens (including phenoxy) is 2. The fraction of sp³-hybridized carbons (Fsp3) is 0.500. The summed E-state index contributed by atoms with van der Waals surface area (Å²) in [4.78, 5) is 47.7. The third kappa shape index (κ3) is 6.21. The van der Waals surface area contributed by atoms with E-state index < -0.39 is 56.3 Å². The third-order valence-electron chi connectivity index (χ3n) is 6.90. The Morgan fingerprint density at radius 1 is 1.23 bits per heavy atom. The molecule has 2 unspecified atom stereocenters. The van der Waals surface area contributed by atoms with Gasteiger partial charge in [0.1, 0.15) is 36.2 Å². The number of fused-ring (bicyclic) bond motifs is 2. The average Bonchev–Trinajstić information content (AvgIpc) is 3.72. The first-order valence-corrected chi connectivity index (χ1v) is 17.8. The van der Waals surface area contributed by atoms with Gasteiger partial charge in [0.2, 0.25) is 5.95 Å². The number of aromatic nitrogens is 8. The maximum absolute atomic E-state index is 12.2. The zero-order valence-corrected chi connectivity index (χ0v) is 25.4. The van der Waals surface area contributed by atoms with Gasteiger partial charge < -0.3 is 54.0 Å². The Hall–Kier alpha value is -2.52. The van der Waals surface area contributed by atoms with Gasteiger partial charge in [-0.2, -0.15) is 9.67 Å². The van der Waals surface area contributed by atoms with Gasteiger partial charge in [-0.3, -0.25) is 9.78 Å². The number of nitrogen functional groups attached to an aromatic ring is 2. The zero-order chi connectivity index (χ0) is 30.5. The number of aliphatic hydroxyl groups is 1. The number of nitrogens with zero attached hydrogens (tertiary/aromatic N) is 7. The zero-order valence-electron chi connectivity index (χ0n) is 21.9. The largest absolute Gasteiger partial charge is 0.394 e. The second-order valence-corrected chi connectivity index (χ2v) is 14.2. The van der Waals surface area contributed by atoms with Gasteiger partial charge in [0.15, 0.2) is 24.5 Å². The first kappa shape index (κ1) is 30.5. The highest BCUT2D eigenvalue weighted by atomic mass is 32.5. The lowest BCUT2D eigenvalue weighted by Gasteiger charge is -2.25. The quantitative estimate of drug-likeness (QED) is 0.112. The molecule has 6 rings (SSSR count). The summed E-state index contributed by atoms with van der Waals surface area (Å²) in [5.74, 6) is 0.134. The van der Waals surface area contributed by atoms with Crippen LogP contribution in [0, 0.1) is 0 Å². The summed E-state index contributed by atoms with van der Waals surface area (Å²) in [5.41, 5.74) is 11.5. The Labute approximate surface area is 251 Å². The highest BCUT2D eigenvalue weighted by molar-refractivity contribution is 8.07. The number of H-pyrrole nitrogens is 1. The predicted molar refractivity (Wildman–Crippen MR) is 157 cm³/mol. The fourth-order valence-corrected chi connectivity index (χ4v) is 7.36. The molecule has 8 atom stereocenters. The molecule has 2 fully saturated rings. The highest BCUT2D eigenvalue weighted by Gasteiger charge is 2.43. The Bertz CT molecular complexity index is 1790. The number of nitrogens with two attached hydrogens (primary N) is 2. The molecule has 2 aliphatic heterocycles. The maximum atomic E-state index is 12.2. The molecule has 43 heavy (non-hydrogen) atoms. The number of hydrogen-bond donors (Lipinski definition) is 6. The molecule has 0 aromatic carbocycles.